The van der Waals surface area contributed by atoms with Gasteiger partial charge in [-0.3, -0.25) is 0 Å². The summed E-state index contributed by atoms with van der Waals surface area (Å²) in [6.45, 7) is 2.66. The summed E-state index contributed by atoms with van der Waals surface area (Å²) in [5.41, 5.74) is 6.71. The van der Waals surface area contributed by atoms with Crippen molar-refractivity contribution in [1.29, 1.82) is 0 Å². The first-order valence-corrected chi connectivity index (χ1v) is 6.53. The van der Waals surface area contributed by atoms with E-state index in [0.29, 0.717) is 6.54 Å². The fraction of sp³-hybridized carbons (Fsp3) is 0.538. The maximum atomic E-state index is 9.49. The van der Waals surface area contributed by atoms with Crippen LogP contribution in [-0.4, -0.2) is 25.4 Å². The first-order valence-electron chi connectivity index (χ1n) is 5.74. The van der Waals surface area contributed by atoms with Crippen LogP contribution in [0.2, 0.25) is 0 Å². The van der Waals surface area contributed by atoms with Crippen LogP contribution in [0.5, 0.6) is 5.75 Å². The summed E-state index contributed by atoms with van der Waals surface area (Å²) < 4.78 is 6.12. The predicted octanol–water partition coefficient (Wildman–Crippen LogP) is 2.35. The molecule has 0 aliphatic rings. The molecule has 17 heavy (non-hydrogen) atoms. The summed E-state index contributed by atoms with van der Waals surface area (Å²) in [6.07, 6.45) is 1.64. The fourth-order valence-electron chi connectivity index (χ4n) is 1.83. The van der Waals surface area contributed by atoms with Gasteiger partial charge in [0.1, 0.15) is 5.75 Å². The second kappa shape index (κ2) is 6.38. The topological polar surface area (TPSA) is 55.5 Å². The van der Waals surface area contributed by atoms with Crippen molar-refractivity contribution in [2.75, 3.05) is 20.3 Å². The van der Waals surface area contributed by atoms with Gasteiger partial charge in [0, 0.05) is 12.0 Å². The van der Waals surface area contributed by atoms with E-state index in [2.05, 4.69) is 22.9 Å². The van der Waals surface area contributed by atoms with E-state index >= 15 is 0 Å². The molecule has 0 heterocycles. The molecule has 3 nitrogen and oxygen atoms in total. The number of hydrogen-bond donors (Lipinski definition) is 2. The quantitative estimate of drug-likeness (QED) is 0.848. The monoisotopic (exact) mass is 301 g/mol. The van der Waals surface area contributed by atoms with Crippen LogP contribution in [0.25, 0.3) is 0 Å². The zero-order chi connectivity index (χ0) is 12.9. The Hall–Kier alpha value is -0.580. The zero-order valence-electron chi connectivity index (χ0n) is 10.4. The standard InChI is InChI=1S/C13H20BrNO2/c1-3-13(8-15,9-16)7-10-4-5-12(17-2)11(14)6-10/h4-6,16H,3,7-9,15H2,1-2H3. The van der Waals surface area contributed by atoms with Crippen LogP contribution in [0.15, 0.2) is 22.7 Å². The number of benzene rings is 1. The maximum Gasteiger partial charge on any atom is 0.133 e. The van der Waals surface area contributed by atoms with E-state index in [0.717, 1.165) is 28.6 Å². The third-order valence-electron chi connectivity index (χ3n) is 3.31. The van der Waals surface area contributed by atoms with Crippen molar-refractivity contribution in [2.24, 2.45) is 11.1 Å². The summed E-state index contributed by atoms with van der Waals surface area (Å²) in [5.74, 6) is 0.813. The summed E-state index contributed by atoms with van der Waals surface area (Å²) in [6, 6.07) is 5.96. The minimum atomic E-state index is -0.214. The average molecular weight is 302 g/mol. The molecular formula is C13H20BrNO2. The van der Waals surface area contributed by atoms with Crippen LogP contribution in [0.3, 0.4) is 0 Å². The third-order valence-corrected chi connectivity index (χ3v) is 3.93. The van der Waals surface area contributed by atoms with Crippen LogP contribution in [-0.2, 0) is 6.42 Å². The Labute approximate surface area is 111 Å². The summed E-state index contributed by atoms with van der Waals surface area (Å²) >= 11 is 3.46. The molecule has 0 saturated heterocycles. The number of ether oxygens (including phenoxy) is 1. The Morgan fingerprint density at radius 1 is 1.47 bits per heavy atom. The highest BCUT2D eigenvalue weighted by Crippen LogP contribution is 2.30. The summed E-state index contributed by atoms with van der Waals surface area (Å²) in [7, 11) is 1.64. The Balaban J connectivity index is 2.90. The second-order valence-electron chi connectivity index (χ2n) is 4.36. The van der Waals surface area contributed by atoms with Gasteiger partial charge in [0.15, 0.2) is 0 Å². The maximum absolute atomic E-state index is 9.49. The first kappa shape index (κ1) is 14.5. The van der Waals surface area contributed by atoms with E-state index in [1.807, 2.05) is 18.2 Å². The molecule has 0 spiro atoms. The number of aliphatic hydroxyl groups is 1. The number of methoxy groups -OCH3 is 1. The molecule has 0 amide bonds. The molecule has 0 aromatic heterocycles. The van der Waals surface area contributed by atoms with Crippen molar-refractivity contribution < 1.29 is 9.84 Å². The lowest BCUT2D eigenvalue weighted by Gasteiger charge is -2.29. The van der Waals surface area contributed by atoms with Gasteiger partial charge < -0.3 is 15.6 Å². The van der Waals surface area contributed by atoms with Crippen molar-refractivity contribution in [1.82, 2.24) is 0 Å². The molecule has 0 aliphatic carbocycles. The number of halogens is 1. The minimum absolute atomic E-state index is 0.115. The molecule has 1 aromatic carbocycles. The van der Waals surface area contributed by atoms with Crippen LogP contribution < -0.4 is 10.5 Å². The van der Waals surface area contributed by atoms with E-state index in [9.17, 15) is 5.11 Å². The molecule has 3 N–H and O–H groups in total. The van der Waals surface area contributed by atoms with Crippen molar-refractivity contribution in [3.05, 3.63) is 28.2 Å². The van der Waals surface area contributed by atoms with Gasteiger partial charge in [0.2, 0.25) is 0 Å². The number of rotatable bonds is 6. The molecule has 0 saturated carbocycles. The normalized spacial score (nSPS) is 14.4. The van der Waals surface area contributed by atoms with Gasteiger partial charge in [0.25, 0.3) is 0 Å². The van der Waals surface area contributed by atoms with Crippen LogP contribution in [0, 0.1) is 5.41 Å². The predicted molar refractivity (Wildman–Crippen MR) is 73.3 cm³/mol. The van der Waals surface area contributed by atoms with Crippen LogP contribution in [0.1, 0.15) is 18.9 Å². The largest absolute Gasteiger partial charge is 0.496 e. The number of nitrogens with two attached hydrogens (primary N) is 1. The lowest BCUT2D eigenvalue weighted by Crippen LogP contribution is -2.35. The van der Waals surface area contributed by atoms with E-state index in [4.69, 9.17) is 10.5 Å². The van der Waals surface area contributed by atoms with Crippen molar-refractivity contribution in [3.63, 3.8) is 0 Å². The molecule has 1 atom stereocenters. The average Bonchev–Trinajstić information content (AvgIpc) is 2.36. The molecule has 0 fully saturated rings. The SMILES string of the molecule is CCC(CN)(CO)Cc1ccc(OC)c(Br)c1. The Morgan fingerprint density at radius 3 is 2.59 bits per heavy atom. The van der Waals surface area contributed by atoms with E-state index < -0.39 is 0 Å². The zero-order valence-corrected chi connectivity index (χ0v) is 12.0. The second-order valence-corrected chi connectivity index (χ2v) is 5.22. The fourth-order valence-corrected chi connectivity index (χ4v) is 2.41. The van der Waals surface area contributed by atoms with Crippen molar-refractivity contribution in [3.8, 4) is 5.75 Å². The van der Waals surface area contributed by atoms with Crippen molar-refractivity contribution in [2.45, 2.75) is 19.8 Å². The highest BCUT2D eigenvalue weighted by Gasteiger charge is 2.26. The van der Waals surface area contributed by atoms with E-state index in [-0.39, 0.29) is 12.0 Å². The molecule has 1 aromatic rings. The molecule has 4 heteroatoms. The molecule has 0 radical (unpaired) electrons. The summed E-state index contributed by atoms with van der Waals surface area (Å²) in [5, 5.41) is 9.49. The van der Waals surface area contributed by atoms with E-state index in [1.54, 1.807) is 7.11 Å². The first-order chi connectivity index (χ1) is 8.10. The van der Waals surface area contributed by atoms with Gasteiger partial charge in [-0.05, 0) is 46.5 Å². The molecule has 1 unspecified atom stereocenters. The minimum Gasteiger partial charge on any atom is -0.496 e. The van der Waals surface area contributed by atoms with Gasteiger partial charge in [0.05, 0.1) is 18.2 Å². The Bertz CT molecular complexity index is 356. The van der Waals surface area contributed by atoms with Gasteiger partial charge in [-0.2, -0.15) is 0 Å². The van der Waals surface area contributed by atoms with Crippen LogP contribution >= 0.6 is 15.9 Å². The highest BCUT2D eigenvalue weighted by molar-refractivity contribution is 9.10. The Morgan fingerprint density at radius 2 is 2.18 bits per heavy atom. The van der Waals surface area contributed by atoms with E-state index in [1.165, 1.54) is 0 Å². The molecular weight excluding hydrogens is 282 g/mol. The summed E-state index contributed by atoms with van der Waals surface area (Å²) in [4.78, 5) is 0. The molecule has 0 bridgehead atoms. The third kappa shape index (κ3) is 3.44. The number of hydrogen-bond acceptors (Lipinski definition) is 3. The van der Waals surface area contributed by atoms with Gasteiger partial charge in [-0.25, -0.2) is 0 Å². The van der Waals surface area contributed by atoms with Gasteiger partial charge in [-0.1, -0.05) is 13.0 Å². The van der Waals surface area contributed by atoms with Gasteiger partial charge >= 0.3 is 0 Å². The Kier molecular flexibility index (Phi) is 5.43. The van der Waals surface area contributed by atoms with Crippen LogP contribution in [0.4, 0.5) is 0 Å². The molecule has 96 valence electrons. The van der Waals surface area contributed by atoms with Gasteiger partial charge in [-0.15, -0.1) is 0 Å². The lowest BCUT2D eigenvalue weighted by molar-refractivity contribution is 0.127. The smallest absolute Gasteiger partial charge is 0.133 e. The number of aliphatic hydroxyl groups excluding tert-OH is 1. The lowest BCUT2D eigenvalue weighted by atomic mass is 9.80. The molecule has 1 rings (SSSR count). The molecule has 0 aliphatic heterocycles. The van der Waals surface area contributed by atoms with Crippen molar-refractivity contribution >= 4 is 15.9 Å². The highest BCUT2D eigenvalue weighted by atomic mass is 79.9.